The summed E-state index contributed by atoms with van der Waals surface area (Å²) < 4.78 is 26.9. The van der Waals surface area contributed by atoms with Gasteiger partial charge in [-0.2, -0.15) is 8.42 Å². The summed E-state index contributed by atoms with van der Waals surface area (Å²) in [6, 6.07) is -0.959. The van der Waals surface area contributed by atoms with E-state index in [1.165, 1.54) is 23.6 Å². The average molecular weight is 309 g/mol. The number of amides is 1. The van der Waals surface area contributed by atoms with Crippen LogP contribution in [0.5, 0.6) is 0 Å². The molecule has 2 fully saturated rings. The number of thioether (sulfide) groups is 1. The second-order valence-electron chi connectivity index (χ2n) is 4.96. The molecule has 3 atom stereocenters. The Morgan fingerprint density at radius 3 is 2.58 bits per heavy atom. The molecule has 0 spiro atoms. The van der Waals surface area contributed by atoms with E-state index in [4.69, 9.17) is 4.18 Å². The van der Waals surface area contributed by atoms with Crippen LogP contribution >= 0.6 is 11.8 Å². The molecule has 0 aromatic heterocycles. The van der Waals surface area contributed by atoms with Crippen molar-refractivity contribution in [1.29, 1.82) is 0 Å². The molecule has 108 valence electrons. The van der Waals surface area contributed by atoms with Crippen molar-refractivity contribution >= 4 is 33.8 Å². The highest BCUT2D eigenvalue weighted by Crippen LogP contribution is 2.51. The number of β-lactam (4-membered cyclic amide) rings is 1. The van der Waals surface area contributed by atoms with Crippen molar-refractivity contribution in [2.45, 2.75) is 43.0 Å². The van der Waals surface area contributed by atoms with Crippen LogP contribution in [0.4, 0.5) is 0 Å². The van der Waals surface area contributed by atoms with Crippen molar-refractivity contribution in [2.24, 2.45) is 0 Å². The minimum atomic E-state index is -3.73. The summed E-state index contributed by atoms with van der Waals surface area (Å²) in [5.41, 5.74) is 0. The molecule has 2 aliphatic heterocycles. The molecule has 0 saturated carbocycles. The van der Waals surface area contributed by atoms with E-state index in [2.05, 4.69) is 0 Å². The molecule has 0 aromatic rings. The summed E-state index contributed by atoms with van der Waals surface area (Å²) in [6.45, 7) is 4.85. The lowest BCUT2D eigenvalue weighted by atomic mass is 9.97. The van der Waals surface area contributed by atoms with Crippen LogP contribution in [-0.4, -0.2) is 58.3 Å². The largest absolute Gasteiger partial charge is 0.480 e. The Morgan fingerprint density at radius 1 is 1.53 bits per heavy atom. The number of carbonyl (C=O) groups is 2. The Labute approximate surface area is 115 Å². The topological polar surface area (TPSA) is 101 Å². The number of rotatable bonds is 4. The zero-order valence-electron chi connectivity index (χ0n) is 10.7. The summed E-state index contributed by atoms with van der Waals surface area (Å²) in [5, 5.41) is 8.64. The van der Waals surface area contributed by atoms with Gasteiger partial charge in [-0.1, -0.05) is 0 Å². The van der Waals surface area contributed by atoms with Gasteiger partial charge >= 0.3 is 5.97 Å². The van der Waals surface area contributed by atoms with Crippen molar-refractivity contribution < 1.29 is 27.3 Å². The lowest BCUT2D eigenvalue weighted by molar-refractivity contribution is -0.167. The van der Waals surface area contributed by atoms with E-state index in [0.29, 0.717) is 0 Å². The lowest BCUT2D eigenvalue weighted by Gasteiger charge is -2.42. The van der Waals surface area contributed by atoms with Crippen LogP contribution in [0.1, 0.15) is 20.8 Å². The average Bonchev–Trinajstić information content (AvgIpc) is 2.55. The Balaban J connectivity index is 2.22. The van der Waals surface area contributed by atoms with Crippen LogP contribution in [0.3, 0.4) is 0 Å². The van der Waals surface area contributed by atoms with Crippen LogP contribution in [0.2, 0.25) is 0 Å². The van der Waals surface area contributed by atoms with E-state index >= 15 is 0 Å². The van der Waals surface area contributed by atoms with Gasteiger partial charge < -0.3 is 10.0 Å². The van der Waals surface area contributed by atoms with Gasteiger partial charge in [-0.15, -0.1) is 11.8 Å². The molecule has 0 bridgehead atoms. The first kappa shape index (κ1) is 14.6. The highest BCUT2D eigenvalue weighted by atomic mass is 32.2. The van der Waals surface area contributed by atoms with Crippen molar-refractivity contribution in [2.75, 3.05) is 5.75 Å². The van der Waals surface area contributed by atoms with Crippen LogP contribution in [0.15, 0.2) is 0 Å². The monoisotopic (exact) mass is 309 g/mol. The van der Waals surface area contributed by atoms with Crippen molar-refractivity contribution in [3.8, 4) is 0 Å². The van der Waals surface area contributed by atoms with Crippen molar-refractivity contribution in [1.82, 2.24) is 4.90 Å². The van der Waals surface area contributed by atoms with Crippen LogP contribution in [-0.2, 0) is 23.9 Å². The molecule has 1 amide bonds. The van der Waals surface area contributed by atoms with Gasteiger partial charge in [-0.25, -0.2) is 4.79 Å². The van der Waals surface area contributed by atoms with E-state index in [9.17, 15) is 23.1 Å². The minimum absolute atomic E-state index is 0.222. The first-order valence-corrected chi connectivity index (χ1v) is 8.20. The second kappa shape index (κ2) is 4.35. The summed E-state index contributed by atoms with van der Waals surface area (Å²) >= 11 is 1.25. The summed E-state index contributed by atoms with van der Waals surface area (Å²) in [7, 11) is -3.73. The number of carboxylic acids is 1. The fraction of sp³-hybridized carbons (Fsp3) is 0.800. The Bertz CT molecular complexity index is 528. The van der Waals surface area contributed by atoms with Gasteiger partial charge in [0.25, 0.3) is 16.0 Å². The lowest BCUT2D eigenvalue weighted by Crippen LogP contribution is -2.66. The predicted octanol–water partition coefficient (Wildman–Crippen LogP) is -0.132. The normalized spacial score (nSPS) is 32.9. The molecular formula is C10H15NO6S2. The van der Waals surface area contributed by atoms with Crippen LogP contribution in [0, 0.1) is 0 Å². The van der Waals surface area contributed by atoms with Crippen LogP contribution < -0.4 is 0 Å². The number of carboxylic acid groups (broad SMARTS) is 1. The Morgan fingerprint density at radius 2 is 2.11 bits per heavy atom. The minimum Gasteiger partial charge on any atom is -0.480 e. The molecule has 9 heteroatoms. The zero-order valence-corrected chi connectivity index (χ0v) is 12.3. The highest BCUT2D eigenvalue weighted by molar-refractivity contribution is 8.01. The van der Waals surface area contributed by atoms with Crippen LogP contribution in [0.25, 0.3) is 0 Å². The molecule has 0 aliphatic carbocycles. The summed E-state index contributed by atoms with van der Waals surface area (Å²) in [4.78, 5) is 24.3. The Hall–Kier alpha value is -0.800. The fourth-order valence-electron chi connectivity index (χ4n) is 2.29. The molecule has 1 unspecified atom stereocenters. The molecular weight excluding hydrogens is 294 g/mol. The maximum absolute atomic E-state index is 11.9. The maximum atomic E-state index is 11.9. The van der Waals surface area contributed by atoms with E-state index in [0.717, 1.165) is 0 Å². The first-order valence-electron chi connectivity index (χ1n) is 5.74. The third kappa shape index (κ3) is 2.23. The summed E-state index contributed by atoms with van der Waals surface area (Å²) in [5.74, 6) is -1.89. The smallest absolute Gasteiger partial charge is 0.327 e. The van der Waals surface area contributed by atoms with E-state index in [-0.39, 0.29) is 5.75 Å². The number of fused-ring (bicyclic) bond motifs is 1. The van der Waals surface area contributed by atoms with Gasteiger partial charge in [0.15, 0.2) is 6.10 Å². The number of aliphatic carboxylic acids is 1. The molecule has 2 aliphatic rings. The zero-order chi connectivity index (χ0) is 14.6. The predicted molar refractivity (Wildman–Crippen MR) is 68.1 cm³/mol. The van der Waals surface area contributed by atoms with E-state index in [1.54, 1.807) is 13.8 Å². The van der Waals surface area contributed by atoms with Gasteiger partial charge in [-0.05, 0) is 20.8 Å². The first-order chi connectivity index (χ1) is 8.60. The van der Waals surface area contributed by atoms with Gasteiger partial charge in [0.2, 0.25) is 0 Å². The van der Waals surface area contributed by atoms with Gasteiger partial charge in [0.1, 0.15) is 11.4 Å². The summed E-state index contributed by atoms with van der Waals surface area (Å²) in [6.07, 6.45) is -1.10. The third-order valence-corrected chi connectivity index (χ3v) is 5.98. The highest BCUT2D eigenvalue weighted by Gasteiger charge is 2.65. The van der Waals surface area contributed by atoms with Crippen molar-refractivity contribution in [3.05, 3.63) is 0 Å². The van der Waals surface area contributed by atoms with Crippen molar-refractivity contribution in [3.63, 3.8) is 0 Å². The fourth-order valence-corrected chi connectivity index (χ4v) is 4.60. The van der Waals surface area contributed by atoms with Gasteiger partial charge in [-0.3, -0.25) is 8.98 Å². The molecule has 2 saturated heterocycles. The number of hydrogen-bond donors (Lipinski definition) is 1. The molecule has 0 radical (unpaired) electrons. The molecule has 2 heterocycles. The van der Waals surface area contributed by atoms with E-state index < -0.39 is 44.3 Å². The molecule has 0 aromatic carbocycles. The standard InChI is InChI=1S/C10H15NO6S2/c1-4-19(15,16)17-5-7(12)11-6(9(13)14)10(2,3)18-8(5)11/h5-6,8H,4H2,1-3H3,(H,13,14)/t5?,6-,8+/m0/s1. The molecule has 19 heavy (non-hydrogen) atoms. The second-order valence-corrected chi connectivity index (χ2v) is 8.62. The number of carbonyl (C=O) groups excluding carboxylic acids is 1. The molecule has 2 rings (SSSR count). The molecule has 1 N–H and O–H groups in total. The Kier molecular flexibility index (Phi) is 3.35. The maximum Gasteiger partial charge on any atom is 0.327 e. The number of hydrogen-bond acceptors (Lipinski definition) is 6. The molecule has 7 nitrogen and oxygen atoms in total. The number of nitrogens with zero attached hydrogens (tertiary/aromatic N) is 1. The third-order valence-electron chi connectivity index (χ3n) is 3.23. The quantitative estimate of drug-likeness (QED) is 0.570. The van der Waals surface area contributed by atoms with Gasteiger partial charge in [0.05, 0.1) is 5.75 Å². The van der Waals surface area contributed by atoms with Gasteiger partial charge in [0, 0.05) is 4.75 Å². The SMILES string of the molecule is CCS(=O)(=O)OC1C(=O)N2[C@@H]1SC(C)(C)[C@@H]2C(=O)O. The van der Waals surface area contributed by atoms with E-state index in [1.807, 2.05) is 0 Å².